The van der Waals surface area contributed by atoms with Crippen LogP contribution in [0.4, 0.5) is 5.69 Å². The van der Waals surface area contributed by atoms with Gasteiger partial charge in [-0.25, -0.2) is 0 Å². The topological polar surface area (TPSA) is 65.1 Å². The fourth-order valence-corrected chi connectivity index (χ4v) is 2.38. The Hall–Kier alpha value is -1.57. The summed E-state index contributed by atoms with van der Waals surface area (Å²) in [5, 5.41) is 12.2. The highest BCUT2D eigenvalue weighted by molar-refractivity contribution is 5.49. The Kier molecular flexibility index (Phi) is 4.57. The van der Waals surface area contributed by atoms with E-state index < -0.39 is 0 Å². The number of hydrogen-bond acceptors (Lipinski definition) is 4. The lowest BCUT2D eigenvalue weighted by molar-refractivity contribution is 0.420. The minimum atomic E-state index is 0.600. The Morgan fingerprint density at radius 1 is 1.28 bits per heavy atom. The highest BCUT2D eigenvalue weighted by Crippen LogP contribution is 2.20. The smallest absolute Gasteiger partial charge is 0.0991 e. The largest absolute Gasteiger partial charge is 0.371 e. The standard InChI is InChI=1S/C14H20N4/c15-7-8-17-13-5-9-18(10-6-13)14-3-1-12(11-16)2-4-14/h1-4,13,17H,5-10,15H2. The van der Waals surface area contributed by atoms with Crippen molar-refractivity contribution >= 4 is 5.69 Å². The van der Waals surface area contributed by atoms with E-state index in [4.69, 9.17) is 11.0 Å². The summed E-state index contributed by atoms with van der Waals surface area (Å²) >= 11 is 0. The number of rotatable bonds is 4. The minimum Gasteiger partial charge on any atom is -0.371 e. The van der Waals surface area contributed by atoms with E-state index in [9.17, 15) is 0 Å². The third-order valence-corrected chi connectivity index (χ3v) is 3.43. The van der Waals surface area contributed by atoms with Crippen molar-refractivity contribution in [3.8, 4) is 6.07 Å². The molecule has 0 radical (unpaired) electrons. The van der Waals surface area contributed by atoms with Gasteiger partial charge in [0.25, 0.3) is 0 Å². The summed E-state index contributed by atoms with van der Waals surface area (Å²) in [7, 11) is 0. The second-order valence-corrected chi connectivity index (χ2v) is 4.66. The molecule has 1 aromatic carbocycles. The SMILES string of the molecule is N#Cc1ccc(N2CCC(NCCN)CC2)cc1. The average Bonchev–Trinajstić information content (AvgIpc) is 2.46. The van der Waals surface area contributed by atoms with E-state index in [1.54, 1.807) is 0 Å². The molecule has 1 fully saturated rings. The Morgan fingerprint density at radius 2 is 1.94 bits per heavy atom. The van der Waals surface area contributed by atoms with Gasteiger partial charge in [0.15, 0.2) is 0 Å². The van der Waals surface area contributed by atoms with Crippen molar-refractivity contribution in [2.24, 2.45) is 5.73 Å². The van der Waals surface area contributed by atoms with Gasteiger partial charge in [0.1, 0.15) is 0 Å². The van der Waals surface area contributed by atoms with Crippen molar-refractivity contribution in [1.82, 2.24) is 5.32 Å². The summed E-state index contributed by atoms with van der Waals surface area (Å²) in [6, 6.07) is 10.6. The first kappa shape index (κ1) is 12.9. The first-order valence-electron chi connectivity index (χ1n) is 6.52. The molecule has 2 rings (SSSR count). The van der Waals surface area contributed by atoms with Gasteiger partial charge >= 0.3 is 0 Å². The van der Waals surface area contributed by atoms with Gasteiger partial charge < -0.3 is 16.0 Å². The van der Waals surface area contributed by atoms with E-state index in [1.165, 1.54) is 5.69 Å². The number of nitrogens with one attached hydrogen (secondary N) is 1. The van der Waals surface area contributed by atoms with Crippen molar-refractivity contribution in [1.29, 1.82) is 5.26 Å². The van der Waals surface area contributed by atoms with Crippen molar-refractivity contribution in [2.75, 3.05) is 31.1 Å². The molecule has 1 aliphatic rings. The second-order valence-electron chi connectivity index (χ2n) is 4.66. The summed E-state index contributed by atoms with van der Waals surface area (Å²) < 4.78 is 0. The molecule has 1 heterocycles. The van der Waals surface area contributed by atoms with Crippen LogP contribution in [0, 0.1) is 11.3 Å². The van der Waals surface area contributed by atoms with Crippen molar-refractivity contribution < 1.29 is 0 Å². The third kappa shape index (κ3) is 3.22. The molecule has 0 spiro atoms. The van der Waals surface area contributed by atoms with E-state index in [1.807, 2.05) is 24.3 Å². The van der Waals surface area contributed by atoms with Gasteiger partial charge in [-0.05, 0) is 37.1 Å². The molecule has 0 aromatic heterocycles. The van der Waals surface area contributed by atoms with Gasteiger partial charge in [0, 0.05) is 37.9 Å². The number of anilines is 1. The van der Waals surface area contributed by atoms with Crippen LogP contribution in [0.5, 0.6) is 0 Å². The van der Waals surface area contributed by atoms with Gasteiger partial charge in [-0.2, -0.15) is 5.26 Å². The lowest BCUT2D eigenvalue weighted by Gasteiger charge is -2.34. The number of nitriles is 1. The fourth-order valence-electron chi connectivity index (χ4n) is 2.38. The number of benzene rings is 1. The summed E-state index contributed by atoms with van der Waals surface area (Å²) in [5.74, 6) is 0. The first-order valence-corrected chi connectivity index (χ1v) is 6.52. The molecule has 4 heteroatoms. The van der Waals surface area contributed by atoms with Crippen LogP contribution < -0.4 is 16.0 Å². The summed E-state index contributed by atoms with van der Waals surface area (Å²) in [5.41, 5.74) is 7.43. The zero-order chi connectivity index (χ0) is 12.8. The molecule has 0 amide bonds. The van der Waals surface area contributed by atoms with Crippen LogP contribution in [0.15, 0.2) is 24.3 Å². The molecule has 0 saturated carbocycles. The number of nitrogens with two attached hydrogens (primary N) is 1. The molecule has 0 atom stereocenters. The molecule has 18 heavy (non-hydrogen) atoms. The molecular weight excluding hydrogens is 224 g/mol. The number of hydrogen-bond donors (Lipinski definition) is 2. The van der Waals surface area contributed by atoms with E-state index in [2.05, 4.69) is 16.3 Å². The lowest BCUT2D eigenvalue weighted by Crippen LogP contribution is -2.43. The zero-order valence-corrected chi connectivity index (χ0v) is 10.6. The molecule has 4 nitrogen and oxygen atoms in total. The molecule has 3 N–H and O–H groups in total. The van der Waals surface area contributed by atoms with Gasteiger partial charge in [0.05, 0.1) is 11.6 Å². The maximum absolute atomic E-state index is 8.77. The van der Waals surface area contributed by atoms with E-state index >= 15 is 0 Å². The summed E-state index contributed by atoms with van der Waals surface area (Å²) in [4.78, 5) is 2.38. The molecule has 0 aliphatic carbocycles. The van der Waals surface area contributed by atoms with Crippen LogP contribution in [0.1, 0.15) is 18.4 Å². The normalized spacial score (nSPS) is 16.6. The predicted octanol–water partition coefficient (Wildman–Crippen LogP) is 1.08. The first-order chi connectivity index (χ1) is 8.83. The van der Waals surface area contributed by atoms with Crippen LogP contribution >= 0.6 is 0 Å². The van der Waals surface area contributed by atoms with E-state index in [-0.39, 0.29) is 0 Å². The molecule has 1 saturated heterocycles. The van der Waals surface area contributed by atoms with Crippen LogP contribution in [-0.4, -0.2) is 32.2 Å². The molecule has 1 aromatic rings. The molecule has 0 bridgehead atoms. The zero-order valence-electron chi connectivity index (χ0n) is 10.6. The Labute approximate surface area is 108 Å². The van der Waals surface area contributed by atoms with Gasteiger partial charge in [-0.1, -0.05) is 0 Å². The number of nitrogens with zero attached hydrogens (tertiary/aromatic N) is 2. The molecule has 96 valence electrons. The lowest BCUT2D eigenvalue weighted by atomic mass is 10.0. The predicted molar refractivity (Wildman–Crippen MR) is 73.4 cm³/mol. The second kappa shape index (κ2) is 6.39. The molecule has 1 aliphatic heterocycles. The fraction of sp³-hybridized carbons (Fsp3) is 0.500. The summed E-state index contributed by atoms with van der Waals surface area (Å²) in [6.07, 6.45) is 2.31. The van der Waals surface area contributed by atoms with Gasteiger partial charge in [0.2, 0.25) is 0 Å². The van der Waals surface area contributed by atoms with Crippen molar-refractivity contribution in [3.05, 3.63) is 29.8 Å². The number of piperidine rings is 1. The van der Waals surface area contributed by atoms with Gasteiger partial charge in [-0.3, -0.25) is 0 Å². The van der Waals surface area contributed by atoms with Crippen molar-refractivity contribution in [2.45, 2.75) is 18.9 Å². The Morgan fingerprint density at radius 3 is 2.50 bits per heavy atom. The quantitative estimate of drug-likeness (QED) is 0.831. The third-order valence-electron chi connectivity index (χ3n) is 3.43. The Bertz CT molecular complexity index is 399. The van der Waals surface area contributed by atoms with Crippen LogP contribution in [0.3, 0.4) is 0 Å². The Balaban J connectivity index is 1.87. The van der Waals surface area contributed by atoms with E-state index in [0.717, 1.165) is 38.0 Å². The maximum Gasteiger partial charge on any atom is 0.0991 e. The monoisotopic (exact) mass is 244 g/mol. The molecular formula is C14H20N4. The van der Waals surface area contributed by atoms with Crippen LogP contribution in [-0.2, 0) is 0 Å². The minimum absolute atomic E-state index is 0.600. The van der Waals surface area contributed by atoms with Crippen LogP contribution in [0.2, 0.25) is 0 Å². The summed E-state index contributed by atoms with van der Waals surface area (Å²) in [6.45, 7) is 3.74. The van der Waals surface area contributed by atoms with E-state index in [0.29, 0.717) is 12.6 Å². The highest BCUT2D eigenvalue weighted by atomic mass is 15.1. The maximum atomic E-state index is 8.77. The van der Waals surface area contributed by atoms with Gasteiger partial charge in [-0.15, -0.1) is 0 Å². The molecule has 0 unspecified atom stereocenters. The average molecular weight is 244 g/mol. The highest BCUT2D eigenvalue weighted by Gasteiger charge is 2.18. The van der Waals surface area contributed by atoms with Crippen LogP contribution in [0.25, 0.3) is 0 Å². The van der Waals surface area contributed by atoms with Crippen molar-refractivity contribution in [3.63, 3.8) is 0 Å².